The summed E-state index contributed by atoms with van der Waals surface area (Å²) in [6.07, 6.45) is 3.32. The number of rotatable bonds is 6. The standard InChI is InChI=1S/C28H39N3O3/c1-21-11-12-22(24-9-5-6-10-26(24)33-19-13-23-8-7-14-29-23)20-25(21)30-15-17-31(18-16-30)27(32)34-28(2,3)4/h5-6,9-12,20,23,29H,7-8,13-19H2,1-4H3. The number of carbonyl (C=O) groups is 1. The maximum Gasteiger partial charge on any atom is 0.410 e. The highest BCUT2D eigenvalue weighted by molar-refractivity contribution is 5.75. The molecule has 34 heavy (non-hydrogen) atoms. The first-order valence-electron chi connectivity index (χ1n) is 12.6. The van der Waals surface area contributed by atoms with Gasteiger partial charge in [-0.25, -0.2) is 4.79 Å². The van der Waals surface area contributed by atoms with Crippen LogP contribution in [0.3, 0.4) is 0 Å². The number of hydrogen-bond donors (Lipinski definition) is 1. The molecule has 2 fully saturated rings. The largest absolute Gasteiger partial charge is 0.493 e. The van der Waals surface area contributed by atoms with Crippen molar-refractivity contribution < 1.29 is 14.3 Å². The second-order valence-corrected chi connectivity index (χ2v) is 10.4. The molecule has 1 unspecified atom stereocenters. The molecule has 0 spiro atoms. The molecule has 0 aliphatic carbocycles. The molecule has 2 aromatic carbocycles. The van der Waals surface area contributed by atoms with Gasteiger partial charge < -0.3 is 24.6 Å². The molecule has 0 bridgehead atoms. The number of piperazine rings is 1. The Balaban J connectivity index is 1.43. The van der Waals surface area contributed by atoms with Crippen LogP contribution in [0, 0.1) is 6.92 Å². The van der Waals surface area contributed by atoms with E-state index in [0.29, 0.717) is 19.1 Å². The number of nitrogens with one attached hydrogen (secondary N) is 1. The quantitative estimate of drug-likeness (QED) is 0.632. The number of hydrogen-bond acceptors (Lipinski definition) is 5. The summed E-state index contributed by atoms with van der Waals surface area (Å²) < 4.78 is 11.8. The van der Waals surface area contributed by atoms with Crippen molar-refractivity contribution in [2.75, 3.05) is 44.2 Å². The Labute approximate surface area is 204 Å². The van der Waals surface area contributed by atoms with Crippen LogP contribution in [-0.2, 0) is 4.74 Å². The molecule has 2 aliphatic heterocycles. The van der Waals surface area contributed by atoms with Crippen LogP contribution in [-0.4, -0.2) is 62.0 Å². The van der Waals surface area contributed by atoms with Gasteiger partial charge in [-0.2, -0.15) is 0 Å². The van der Waals surface area contributed by atoms with Crippen molar-refractivity contribution in [2.45, 2.75) is 58.6 Å². The van der Waals surface area contributed by atoms with Crippen molar-refractivity contribution in [1.82, 2.24) is 10.2 Å². The molecule has 1 atom stereocenters. The highest BCUT2D eigenvalue weighted by Gasteiger charge is 2.26. The molecule has 4 rings (SSSR count). The molecule has 2 saturated heterocycles. The minimum absolute atomic E-state index is 0.225. The van der Waals surface area contributed by atoms with Gasteiger partial charge in [0.15, 0.2) is 0 Å². The van der Waals surface area contributed by atoms with Gasteiger partial charge in [0.1, 0.15) is 11.4 Å². The molecule has 0 aromatic heterocycles. The van der Waals surface area contributed by atoms with Crippen LogP contribution >= 0.6 is 0 Å². The van der Waals surface area contributed by atoms with Gasteiger partial charge in [-0.15, -0.1) is 0 Å². The topological polar surface area (TPSA) is 54.0 Å². The third-order valence-corrected chi connectivity index (χ3v) is 6.57. The lowest BCUT2D eigenvalue weighted by Gasteiger charge is -2.37. The number of benzene rings is 2. The Morgan fingerprint density at radius 3 is 2.56 bits per heavy atom. The van der Waals surface area contributed by atoms with E-state index in [1.165, 1.54) is 24.1 Å². The van der Waals surface area contributed by atoms with Crippen molar-refractivity contribution in [3.63, 3.8) is 0 Å². The molecule has 0 radical (unpaired) electrons. The monoisotopic (exact) mass is 465 g/mol. The maximum absolute atomic E-state index is 12.4. The fourth-order valence-electron chi connectivity index (χ4n) is 4.72. The van der Waals surface area contributed by atoms with E-state index in [4.69, 9.17) is 9.47 Å². The van der Waals surface area contributed by atoms with Gasteiger partial charge in [-0.05, 0) is 76.8 Å². The van der Waals surface area contributed by atoms with E-state index >= 15 is 0 Å². The summed E-state index contributed by atoms with van der Waals surface area (Å²) in [6, 6.07) is 15.5. The van der Waals surface area contributed by atoms with E-state index in [1.54, 1.807) is 0 Å². The highest BCUT2D eigenvalue weighted by Crippen LogP contribution is 2.34. The Bertz CT molecular complexity index is 971. The zero-order chi connectivity index (χ0) is 24.1. The molecule has 6 nitrogen and oxygen atoms in total. The van der Waals surface area contributed by atoms with E-state index in [2.05, 4.69) is 53.5 Å². The predicted octanol–water partition coefficient (Wildman–Crippen LogP) is 5.24. The summed E-state index contributed by atoms with van der Waals surface area (Å²) in [5, 5.41) is 3.54. The number of ether oxygens (including phenoxy) is 2. The molecule has 1 amide bonds. The van der Waals surface area contributed by atoms with E-state index in [0.717, 1.165) is 49.5 Å². The third kappa shape index (κ3) is 6.23. The first-order valence-corrected chi connectivity index (χ1v) is 12.6. The normalized spacial score (nSPS) is 18.8. The third-order valence-electron chi connectivity index (χ3n) is 6.57. The maximum atomic E-state index is 12.4. The summed E-state index contributed by atoms with van der Waals surface area (Å²) in [4.78, 5) is 16.6. The van der Waals surface area contributed by atoms with E-state index in [1.807, 2.05) is 31.7 Å². The van der Waals surface area contributed by atoms with Gasteiger partial charge in [-0.3, -0.25) is 0 Å². The second kappa shape index (κ2) is 10.7. The SMILES string of the molecule is Cc1ccc(-c2ccccc2OCCC2CCCN2)cc1N1CCN(C(=O)OC(C)(C)C)CC1. The molecular formula is C28H39N3O3. The average Bonchev–Trinajstić information content (AvgIpc) is 3.32. The van der Waals surface area contributed by atoms with Crippen molar-refractivity contribution in [3.8, 4) is 16.9 Å². The van der Waals surface area contributed by atoms with Crippen molar-refractivity contribution in [3.05, 3.63) is 48.0 Å². The van der Waals surface area contributed by atoms with Gasteiger partial charge in [0.25, 0.3) is 0 Å². The first-order chi connectivity index (χ1) is 16.3. The fraction of sp³-hybridized carbons (Fsp3) is 0.536. The van der Waals surface area contributed by atoms with Gasteiger partial charge in [0.2, 0.25) is 0 Å². The Morgan fingerprint density at radius 2 is 1.85 bits per heavy atom. The van der Waals surface area contributed by atoms with E-state index < -0.39 is 5.60 Å². The molecular weight excluding hydrogens is 426 g/mol. The van der Waals surface area contributed by atoms with Crippen molar-refractivity contribution >= 4 is 11.8 Å². The van der Waals surface area contributed by atoms with Gasteiger partial charge in [0, 0.05) is 43.5 Å². The molecule has 6 heteroatoms. The van der Waals surface area contributed by atoms with Crippen LogP contribution in [0.4, 0.5) is 10.5 Å². The molecule has 184 valence electrons. The van der Waals surface area contributed by atoms with Crippen LogP contribution in [0.2, 0.25) is 0 Å². The van der Waals surface area contributed by atoms with Crippen LogP contribution in [0.5, 0.6) is 5.75 Å². The number of nitrogens with zero attached hydrogens (tertiary/aromatic N) is 2. The average molecular weight is 466 g/mol. The van der Waals surface area contributed by atoms with Crippen LogP contribution < -0.4 is 15.0 Å². The molecule has 2 heterocycles. The summed E-state index contributed by atoms with van der Waals surface area (Å²) >= 11 is 0. The van der Waals surface area contributed by atoms with Crippen molar-refractivity contribution in [2.24, 2.45) is 0 Å². The van der Waals surface area contributed by atoms with E-state index in [9.17, 15) is 4.79 Å². The summed E-state index contributed by atoms with van der Waals surface area (Å²) in [5.74, 6) is 0.935. The molecule has 1 N–H and O–H groups in total. The minimum Gasteiger partial charge on any atom is -0.493 e. The van der Waals surface area contributed by atoms with Crippen LogP contribution in [0.1, 0.15) is 45.6 Å². The van der Waals surface area contributed by atoms with Crippen molar-refractivity contribution in [1.29, 1.82) is 0 Å². The minimum atomic E-state index is -0.470. The lowest BCUT2D eigenvalue weighted by atomic mass is 10.0. The number of para-hydroxylation sites is 1. The molecule has 0 saturated carbocycles. The zero-order valence-corrected chi connectivity index (χ0v) is 21.1. The van der Waals surface area contributed by atoms with Crippen LogP contribution in [0.25, 0.3) is 11.1 Å². The second-order valence-electron chi connectivity index (χ2n) is 10.4. The Kier molecular flexibility index (Phi) is 7.67. The molecule has 2 aromatic rings. The number of carbonyl (C=O) groups excluding carboxylic acids is 1. The predicted molar refractivity (Wildman–Crippen MR) is 138 cm³/mol. The van der Waals surface area contributed by atoms with Crippen LogP contribution in [0.15, 0.2) is 42.5 Å². The van der Waals surface area contributed by atoms with Gasteiger partial charge >= 0.3 is 6.09 Å². The van der Waals surface area contributed by atoms with Gasteiger partial charge in [0.05, 0.1) is 6.61 Å². The summed E-state index contributed by atoms with van der Waals surface area (Å²) in [5.41, 5.74) is 4.26. The van der Waals surface area contributed by atoms with E-state index in [-0.39, 0.29) is 6.09 Å². The highest BCUT2D eigenvalue weighted by atomic mass is 16.6. The van der Waals surface area contributed by atoms with Gasteiger partial charge in [-0.1, -0.05) is 30.3 Å². The smallest absolute Gasteiger partial charge is 0.410 e. The number of aryl methyl sites for hydroxylation is 1. The Morgan fingerprint density at radius 1 is 1.09 bits per heavy atom. The fourth-order valence-corrected chi connectivity index (χ4v) is 4.72. The number of amides is 1. The first kappa shape index (κ1) is 24.4. The summed E-state index contributed by atoms with van der Waals surface area (Å²) in [7, 11) is 0. The molecule has 2 aliphatic rings. The lowest BCUT2D eigenvalue weighted by Crippen LogP contribution is -2.50. The lowest BCUT2D eigenvalue weighted by molar-refractivity contribution is 0.0240. The Hall–Kier alpha value is -2.73. The zero-order valence-electron chi connectivity index (χ0n) is 21.1. The summed E-state index contributed by atoms with van der Waals surface area (Å²) in [6.45, 7) is 12.6. The number of anilines is 1.